The molecule has 0 aliphatic heterocycles. The Kier molecular flexibility index (Phi) is 5.83. The van der Waals surface area contributed by atoms with Crippen molar-refractivity contribution in [3.63, 3.8) is 0 Å². The maximum atomic E-state index is 6.74. The van der Waals surface area contributed by atoms with Gasteiger partial charge in [-0.1, -0.05) is 103 Å². The molecule has 4 heteroatoms. The lowest BCUT2D eigenvalue weighted by Gasteiger charge is -2.28. The zero-order valence-electron chi connectivity index (χ0n) is 26.9. The van der Waals surface area contributed by atoms with Gasteiger partial charge in [0, 0.05) is 58.5 Å². The molecule has 0 fully saturated rings. The summed E-state index contributed by atoms with van der Waals surface area (Å²) in [5.74, 6) is 0. The molecule has 3 aromatic heterocycles. The Morgan fingerprint density at radius 1 is 0.480 bits per heavy atom. The summed E-state index contributed by atoms with van der Waals surface area (Å²) < 4.78 is 11.7. The van der Waals surface area contributed by atoms with Crippen LogP contribution in [0.5, 0.6) is 0 Å². The molecule has 0 unspecified atom stereocenters. The highest BCUT2D eigenvalue weighted by Gasteiger charge is 2.25. The third-order valence-corrected chi connectivity index (χ3v) is 11.3. The number of aromatic nitrogens is 1. The van der Waals surface area contributed by atoms with E-state index in [0.29, 0.717) is 0 Å². The van der Waals surface area contributed by atoms with Crippen molar-refractivity contribution >= 4 is 103 Å². The molecule has 0 atom stereocenters. The minimum absolute atomic E-state index is 0.897. The highest BCUT2D eigenvalue weighted by atomic mass is 32.1. The van der Waals surface area contributed by atoms with E-state index < -0.39 is 0 Å². The molecule has 0 aliphatic rings. The van der Waals surface area contributed by atoms with Gasteiger partial charge in [-0.3, -0.25) is 0 Å². The first-order chi connectivity index (χ1) is 24.8. The van der Waals surface area contributed by atoms with Crippen molar-refractivity contribution in [1.29, 1.82) is 0 Å². The Balaban J connectivity index is 1.31. The summed E-state index contributed by atoms with van der Waals surface area (Å²) in [5.41, 5.74) is 8.53. The molecule has 50 heavy (non-hydrogen) atoms. The van der Waals surface area contributed by atoms with E-state index in [2.05, 4.69) is 173 Å². The van der Waals surface area contributed by atoms with Crippen LogP contribution in [0.15, 0.2) is 174 Å². The van der Waals surface area contributed by atoms with Crippen molar-refractivity contribution in [2.45, 2.75) is 0 Å². The standard InChI is InChI=1S/C46H28N2OS/c1-2-13-30(14-3-1)48-38-19-7-4-15-32(38)35-18-11-21-40(45(35)48)47(31-25-27-43-37(28-31)34-17-6-9-23-42(34)50-43)39-20-10-12-29-24-26-36-33-16-5-8-22-41(33)49-46(36)44(29)39/h1-28H. The summed E-state index contributed by atoms with van der Waals surface area (Å²) in [4.78, 5) is 2.46. The Morgan fingerprint density at radius 3 is 2.12 bits per heavy atom. The van der Waals surface area contributed by atoms with Crippen molar-refractivity contribution < 1.29 is 4.42 Å². The monoisotopic (exact) mass is 656 g/mol. The second kappa shape index (κ2) is 10.6. The quantitative estimate of drug-likeness (QED) is 0.188. The van der Waals surface area contributed by atoms with Gasteiger partial charge in [0.15, 0.2) is 0 Å². The van der Waals surface area contributed by atoms with Crippen LogP contribution in [0.2, 0.25) is 0 Å². The number of anilines is 3. The molecular weight excluding hydrogens is 629 g/mol. The Labute approximate surface area is 291 Å². The zero-order chi connectivity index (χ0) is 32.8. The molecule has 11 rings (SSSR count). The van der Waals surface area contributed by atoms with Gasteiger partial charge in [-0.05, 0) is 72.1 Å². The summed E-state index contributed by atoms with van der Waals surface area (Å²) in [6.07, 6.45) is 0. The molecule has 3 nitrogen and oxygen atoms in total. The molecule has 0 saturated heterocycles. The summed E-state index contributed by atoms with van der Waals surface area (Å²) in [5, 5.41) is 9.46. The minimum atomic E-state index is 0.897. The topological polar surface area (TPSA) is 21.3 Å². The van der Waals surface area contributed by atoms with Crippen molar-refractivity contribution in [2.75, 3.05) is 4.90 Å². The largest absolute Gasteiger partial charge is 0.455 e. The molecule has 0 amide bonds. The smallest absolute Gasteiger partial charge is 0.145 e. The van der Waals surface area contributed by atoms with Gasteiger partial charge in [0.2, 0.25) is 0 Å². The number of hydrogen-bond acceptors (Lipinski definition) is 3. The minimum Gasteiger partial charge on any atom is -0.455 e. The first-order valence-electron chi connectivity index (χ1n) is 16.9. The number of thiophene rings is 1. The maximum Gasteiger partial charge on any atom is 0.145 e. The fourth-order valence-electron chi connectivity index (χ4n) is 8.01. The van der Waals surface area contributed by atoms with Gasteiger partial charge in [-0.25, -0.2) is 0 Å². The molecule has 0 bridgehead atoms. The molecule has 3 heterocycles. The molecule has 0 radical (unpaired) electrons. The average Bonchev–Trinajstić information content (AvgIpc) is 3.85. The molecular formula is C46H28N2OS. The van der Waals surface area contributed by atoms with E-state index in [-0.39, 0.29) is 0 Å². The number of benzene rings is 8. The first-order valence-corrected chi connectivity index (χ1v) is 17.8. The summed E-state index contributed by atoms with van der Waals surface area (Å²) in [6.45, 7) is 0. The normalized spacial score (nSPS) is 12.0. The van der Waals surface area contributed by atoms with Crippen molar-refractivity contribution in [3.05, 3.63) is 170 Å². The fraction of sp³-hybridized carbons (Fsp3) is 0. The third-order valence-electron chi connectivity index (χ3n) is 10.2. The highest BCUT2D eigenvalue weighted by molar-refractivity contribution is 7.25. The fourth-order valence-corrected chi connectivity index (χ4v) is 9.09. The van der Waals surface area contributed by atoms with Crippen LogP contribution in [-0.4, -0.2) is 4.57 Å². The number of rotatable bonds is 4. The van der Waals surface area contributed by atoms with Crippen LogP contribution in [0, 0.1) is 0 Å². The van der Waals surface area contributed by atoms with Crippen LogP contribution in [0.25, 0.3) is 80.4 Å². The predicted molar refractivity (Wildman–Crippen MR) is 213 cm³/mol. The molecule has 8 aromatic carbocycles. The average molecular weight is 657 g/mol. The van der Waals surface area contributed by atoms with Crippen molar-refractivity contribution in [2.24, 2.45) is 0 Å². The molecule has 0 N–H and O–H groups in total. The molecule has 0 saturated carbocycles. The predicted octanol–water partition coefficient (Wildman–Crippen LogP) is 13.7. The number of nitrogens with zero attached hydrogens (tertiary/aromatic N) is 2. The van der Waals surface area contributed by atoms with Gasteiger partial charge in [-0.2, -0.15) is 0 Å². The SMILES string of the molecule is c1ccc(-n2c3ccccc3c3cccc(N(c4ccc5sc6ccccc6c5c4)c4cccc5ccc6c7ccccc7oc6c45)c32)cc1. The number of furan rings is 1. The van der Waals surface area contributed by atoms with E-state index in [1.165, 1.54) is 36.5 Å². The lowest BCUT2D eigenvalue weighted by atomic mass is 10.0. The van der Waals surface area contributed by atoms with E-state index in [9.17, 15) is 0 Å². The molecule has 11 aromatic rings. The molecule has 0 spiro atoms. The van der Waals surface area contributed by atoms with E-state index >= 15 is 0 Å². The van der Waals surface area contributed by atoms with E-state index in [0.717, 1.165) is 61.0 Å². The number of fused-ring (bicyclic) bond motifs is 11. The van der Waals surface area contributed by atoms with Gasteiger partial charge in [0.25, 0.3) is 0 Å². The second-order valence-corrected chi connectivity index (χ2v) is 14.0. The number of para-hydroxylation sites is 4. The van der Waals surface area contributed by atoms with Gasteiger partial charge in [0.1, 0.15) is 11.2 Å². The van der Waals surface area contributed by atoms with Crippen molar-refractivity contribution in [1.82, 2.24) is 4.57 Å². The van der Waals surface area contributed by atoms with E-state index in [1.807, 2.05) is 17.4 Å². The van der Waals surface area contributed by atoms with Gasteiger partial charge >= 0.3 is 0 Å². The van der Waals surface area contributed by atoms with Crippen LogP contribution in [0.1, 0.15) is 0 Å². The lowest BCUT2D eigenvalue weighted by molar-refractivity contribution is 0.672. The maximum absolute atomic E-state index is 6.74. The summed E-state index contributed by atoms with van der Waals surface area (Å²) in [6, 6.07) is 61.3. The number of hydrogen-bond donors (Lipinski definition) is 0. The van der Waals surface area contributed by atoms with E-state index in [4.69, 9.17) is 4.42 Å². The lowest BCUT2D eigenvalue weighted by Crippen LogP contribution is -2.12. The second-order valence-electron chi connectivity index (χ2n) is 12.9. The third kappa shape index (κ3) is 3.91. The first kappa shape index (κ1) is 27.6. The van der Waals surface area contributed by atoms with Crippen LogP contribution in [-0.2, 0) is 0 Å². The molecule has 234 valence electrons. The van der Waals surface area contributed by atoms with E-state index in [1.54, 1.807) is 0 Å². The van der Waals surface area contributed by atoms with Crippen LogP contribution in [0.3, 0.4) is 0 Å². The highest BCUT2D eigenvalue weighted by Crippen LogP contribution is 2.48. The van der Waals surface area contributed by atoms with Gasteiger partial charge in [-0.15, -0.1) is 11.3 Å². The van der Waals surface area contributed by atoms with Gasteiger partial charge in [0.05, 0.1) is 22.4 Å². The Bertz CT molecular complexity index is 3110. The van der Waals surface area contributed by atoms with Crippen molar-refractivity contribution in [3.8, 4) is 5.69 Å². The summed E-state index contributed by atoms with van der Waals surface area (Å²) in [7, 11) is 0. The Morgan fingerprint density at radius 2 is 1.20 bits per heavy atom. The summed E-state index contributed by atoms with van der Waals surface area (Å²) >= 11 is 1.85. The van der Waals surface area contributed by atoms with Crippen LogP contribution in [0.4, 0.5) is 17.1 Å². The van der Waals surface area contributed by atoms with Crippen LogP contribution < -0.4 is 4.90 Å². The van der Waals surface area contributed by atoms with Gasteiger partial charge < -0.3 is 13.9 Å². The Hall–Kier alpha value is -6.36. The zero-order valence-corrected chi connectivity index (χ0v) is 27.7. The van der Waals surface area contributed by atoms with Crippen LogP contribution >= 0.6 is 11.3 Å². The molecule has 0 aliphatic carbocycles.